The van der Waals surface area contributed by atoms with E-state index in [-0.39, 0.29) is 5.91 Å². The van der Waals surface area contributed by atoms with Crippen molar-refractivity contribution in [2.75, 3.05) is 39.8 Å². The first-order valence-electron chi connectivity index (χ1n) is 15.2. The summed E-state index contributed by atoms with van der Waals surface area (Å²) >= 11 is 1.54. The van der Waals surface area contributed by atoms with Crippen LogP contribution in [-0.4, -0.2) is 70.1 Å². The van der Waals surface area contributed by atoms with Crippen molar-refractivity contribution in [3.8, 4) is 34.1 Å². The minimum atomic E-state index is 0.0942. The van der Waals surface area contributed by atoms with E-state index in [2.05, 4.69) is 35.1 Å². The number of likely N-dealkylation sites (N-methyl/N-ethyl adjacent to an activating group) is 1. The quantitative estimate of drug-likeness (QED) is 0.184. The van der Waals surface area contributed by atoms with Crippen molar-refractivity contribution < 1.29 is 18.7 Å². The number of hydrogen-bond donors (Lipinski definition) is 0. The van der Waals surface area contributed by atoms with Crippen LogP contribution in [0.4, 0.5) is 0 Å². The van der Waals surface area contributed by atoms with E-state index in [1.54, 1.807) is 11.6 Å². The van der Waals surface area contributed by atoms with Crippen LogP contribution in [0.2, 0.25) is 0 Å². The zero-order chi connectivity index (χ0) is 31.1. The van der Waals surface area contributed by atoms with Crippen LogP contribution in [0, 0.1) is 13.8 Å². The van der Waals surface area contributed by atoms with Crippen LogP contribution >= 0.6 is 11.3 Å². The molecule has 4 heterocycles. The van der Waals surface area contributed by atoms with Gasteiger partial charge >= 0.3 is 0 Å². The minimum absolute atomic E-state index is 0.0942. The van der Waals surface area contributed by atoms with Crippen LogP contribution in [0.1, 0.15) is 33.4 Å². The second-order valence-electron chi connectivity index (χ2n) is 11.4. The number of nitrogens with zero attached hydrogens (tertiary/aromatic N) is 5. The summed E-state index contributed by atoms with van der Waals surface area (Å²) in [5.74, 6) is 2.24. The Hall–Kier alpha value is -4.67. The Bertz CT molecular complexity index is 1970. The van der Waals surface area contributed by atoms with Gasteiger partial charge in [0.25, 0.3) is 5.91 Å². The smallest absolute Gasteiger partial charge is 0.253 e. The molecule has 1 fully saturated rings. The molecule has 0 atom stereocenters. The van der Waals surface area contributed by atoms with E-state index in [9.17, 15) is 4.79 Å². The van der Waals surface area contributed by atoms with Gasteiger partial charge in [-0.25, -0.2) is 9.50 Å². The van der Waals surface area contributed by atoms with Crippen molar-refractivity contribution >= 4 is 33.2 Å². The summed E-state index contributed by atoms with van der Waals surface area (Å²) in [7, 11) is 1.64. The Morgan fingerprint density at radius 3 is 2.49 bits per heavy atom. The molecule has 0 bridgehead atoms. The molecule has 1 amide bonds. The van der Waals surface area contributed by atoms with Gasteiger partial charge in [0, 0.05) is 48.8 Å². The lowest BCUT2D eigenvalue weighted by molar-refractivity contribution is 0.0643. The molecule has 3 aromatic carbocycles. The number of furan rings is 1. The lowest BCUT2D eigenvalue weighted by atomic mass is 10.0. The van der Waals surface area contributed by atoms with Gasteiger partial charge in [0.05, 0.1) is 13.3 Å². The Labute approximate surface area is 265 Å². The van der Waals surface area contributed by atoms with Crippen LogP contribution in [0.25, 0.3) is 38.5 Å². The Morgan fingerprint density at radius 2 is 1.76 bits per heavy atom. The van der Waals surface area contributed by atoms with E-state index in [1.165, 1.54) is 11.3 Å². The summed E-state index contributed by atoms with van der Waals surface area (Å²) in [6, 6.07) is 19.9. The number of ether oxygens (including phenoxy) is 2. The van der Waals surface area contributed by atoms with Crippen molar-refractivity contribution in [1.82, 2.24) is 24.4 Å². The van der Waals surface area contributed by atoms with E-state index in [0.717, 1.165) is 87.3 Å². The second-order valence-corrected chi connectivity index (χ2v) is 12.5. The van der Waals surface area contributed by atoms with Gasteiger partial charge in [-0.1, -0.05) is 42.5 Å². The zero-order valence-corrected chi connectivity index (χ0v) is 26.7. The highest BCUT2D eigenvalue weighted by Crippen LogP contribution is 2.35. The number of carbonyl (C=O) groups is 1. The van der Waals surface area contributed by atoms with Gasteiger partial charge in [-0.2, -0.15) is 5.10 Å². The number of amides is 1. The van der Waals surface area contributed by atoms with Gasteiger partial charge in [-0.3, -0.25) is 4.79 Å². The number of aromatic nitrogens is 3. The average Bonchev–Trinajstić information content (AvgIpc) is 3.77. The summed E-state index contributed by atoms with van der Waals surface area (Å²) in [6.07, 6.45) is 1.88. The largest absolute Gasteiger partial charge is 0.497 e. The number of hydrogen-bond acceptors (Lipinski definition) is 8. The Balaban J connectivity index is 1.10. The first kappa shape index (κ1) is 29.1. The molecule has 1 aliphatic heterocycles. The number of methoxy groups -OCH3 is 1. The predicted octanol–water partition coefficient (Wildman–Crippen LogP) is 6.85. The highest BCUT2D eigenvalue weighted by Gasteiger charge is 2.21. The maximum atomic E-state index is 13.1. The second kappa shape index (κ2) is 12.0. The van der Waals surface area contributed by atoms with Gasteiger partial charge in [0.15, 0.2) is 5.76 Å². The van der Waals surface area contributed by atoms with E-state index in [0.29, 0.717) is 23.7 Å². The van der Waals surface area contributed by atoms with Crippen molar-refractivity contribution in [1.29, 1.82) is 0 Å². The molecule has 10 heteroatoms. The molecule has 1 aliphatic rings. The molecule has 0 unspecified atom stereocenters. The average molecular weight is 622 g/mol. The number of aryl methyl sites for hydroxylation is 2. The fraction of sp³-hybridized carbons (Fsp3) is 0.286. The molecule has 9 nitrogen and oxygen atoms in total. The first-order valence-corrected chi connectivity index (χ1v) is 16.0. The number of carbonyl (C=O) groups excluding carboxylic acids is 1. The van der Waals surface area contributed by atoms with E-state index in [4.69, 9.17) is 18.9 Å². The standard InChI is InChI=1S/C35H35N5O4S/c1-5-38-12-14-39(15-13-38)34(41)25-10-8-24(9-11-25)26-7-6-22(2)31(17-26)43-21-27-16-28(42-4)18-32-29(27)19-33(44-32)30-20-40-35(36-30)45-23(3)37-40/h6-11,16-20H,5,12-15,21H2,1-4H3. The van der Waals surface area contributed by atoms with Crippen LogP contribution in [0.3, 0.4) is 0 Å². The molecule has 0 aliphatic carbocycles. The monoisotopic (exact) mass is 621 g/mol. The maximum absolute atomic E-state index is 13.1. The fourth-order valence-corrected chi connectivity index (χ4v) is 6.54. The minimum Gasteiger partial charge on any atom is -0.497 e. The topological polar surface area (TPSA) is 85.3 Å². The highest BCUT2D eigenvalue weighted by molar-refractivity contribution is 7.16. The van der Waals surface area contributed by atoms with E-state index in [1.807, 2.05) is 67.4 Å². The maximum Gasteiger partial charge on any atom is 0.253 e. The van der Waals surface area contributed by atoms with Gasteiger partial charge in [-0.05, 0) is 67.4 Å². The third-order valence-electron chi connectivity index (χ3n) is 8.47. The van der Waals surface area contributed by atoms with Crippen LogP contribution in [-0.2, 0) is 6.61 Å². The third kappa shape index (κ3) is 5.79. The van der Waals surface area contributed by atoms with Crippen molar-refractivity contribution in [2.45, 2.75) is 27.4 Å². The van der Waals surface area contributed by atoms with Gasteiger partial charge in [-0.15, -0.1) is 0 Å². The molecule has 0 radical (unpaired) electrons. The van der Waals surface area contributed by atoms with Crippen LogP contribution in [0.15, 0.2) is 71.3 Å². The highest BCUT2D eigenvalue weighted by atomic mass is 32.1. The normalized spacial score (nSPS) is 14.0. The van der Waals surface area contributed by atoms with Crippen LogP contribution in [0.5, 0.6) is 11.5 Å². The molecular weight excluding hydrogens is 586 g/mol. The lowest BCUT2D eigenvalue weighted by Crippen LogP contribution is -2.48. The Kier molecular flexibility index (Phi) is 7.76. The molecule has 0 spiro atoms. The Morgan fingerprint density at radius 1 is 0.978 bits per heavy atom. The van der Waals surface area contributed by atoms with Crippen molar-refractivity contribution in [3.05, 3.63) is 88.6 Å². The summed E-state index contributed by atoms with van der Waals surface area (Å²) in [6.45, 7) is 10.9. The molecule has 6 aromatic rings. The molecule has 7 rings (SSSR count). The number of rotatable bonds is 8. The molecule has 45 heavy (non-hydrogen) atoms. The summed E-state index contributed by atoms with van der Waals surface area (Å²) in [5.41, 5.74) is 6.18. The summed E-state index contributed by atoms with van der Waals surface area (Å²) < 4.78 is 20.0. The molecule has 1 saturated heterocycles. The molecular formula is C35H35N5O4S. The first-order chi connectivity index (χ1) is 21.9. The molecule has 3 aromatic heterocycles. The SMILES string of the molecule is CCN1CCN(C(=O)c2ccc(-c3ccc(C)c(OCc4cc(OC)cc5oc(-c6cn7nc(C)sc7n6)cc45)c3)cc2)CC1. The van der Waals surface area contributed by atoms with Crippen molar-refractivity contribution in [3.63, 3.8) is 0 Å². The molecule has 230 valence electrons. The van der Waals surface area contributed by atoms with Gasteiger partial charge in [0.1, 0.15) is 34.4 Å². The number of imidazole rings is 1. The fourth-order valence-electron chi connectivity index (χ4n) is 5.81. The number of piperazine rings is 1. The number of fused-ring (bicyclic) bond motifs is 2. The summed E-state index contributed by atoms with van der Waals surface area (Å²) in [4.78, 5) is 22.9. The molecule has 0 N–H and O–H groups in total. The van der Waals surface area contributed by atoms with Gasteiger partial charge in [0.2, 0.25) is 4.96 Å². The van der Waals surface area contributed by atoms with E-state index < -0.39 is 0 Å². The molecule has 0 saturated carbocycles. The lowest BCUT2D eigenvalue weighted by Gasteiger charge is -2.34. The zero-order valence-electron chi connectivity index (χ0n) is 25.9. The third-order valence-corrected chi connectivity index (χ3v) is 9.31. The van der Waals surface area contributed by atoms with Crippen LogP contribution < -0.4 is 9.47 Å². The predicted molar refractivity (Wildman–Crippen MR) is 176 cm³/mol. The van der Waals surface area contributed by atoms with Crippen molar-refractivity contribution in [2.24, 2.45) is 0 Å². The number of benzene rings is 3. The summed E-state index contributed by atoms with van der Waals surface area (Å²) in [5, 5.41) is 6.37. The van der Waals surface area contributed by atoms with E-state index >= 15 is 0 Å². The van der Waals surface area contributed by atoms with Gasteiger partial charge < -0.3 is 23.7 Å².